The molecule has 3 aromatic rings. The Morgan fingerprint density at radius 3 is 2.63 bits per heavy atom. The van der Waals surface area contributed by atoms with Crippen molar-refractivity contribution in [2.45, 2.75) is 38.1 Å². The molecule has 4 rings (SSSR count). The molecule has 1 fully saturated rings. The number of benzene rings is 1. The first-order valence-corrected chi connectivity index (χ1v) is 12.3. The first-order valence-electron chi connectivity index (χ1n) is 11.4. The van der Waals surface area contributed by atoms with Crippen LogP contribution in [0.4, 0.5) is 5.13 Å². The topological polar surface area (TPSA) is 125 Å². The minimum absolute atomic E-state index is 0.0172. The molecule has 0 spiro atoms. The molecule has 1 saturated heterocycles. The summed E-state index contributed by atoms with van der Waals surface area (Å²) in [5, 5.41) is 18.1. The molecular formula is C25H28N4O5S. The largest absolute Gasteiger partial charge is 0.502 e. The molecule has 0 unspecified atom stereocenters. The average Bonchev–Trinajstić information content (AvgIpc) is 3.35. The number of thiazole rings is 1. The van der Waals surface area contributed by atoms with E-state index in [1.165, 1.54) is 23.0 Å². The number of amides is 2. The van der Waals surface area contributed by atoms with Crippen molar-refractivity contribution in [1.82, 2.24) is 15.2 Å². The lowest BCUT2D eigenvalue weighted by Crippen LogP contribution is -2.46. The van der Waals surface area contributed by atoms with E-state index in [4.69, 9.17) is 4.42 Å². The van der Waals surface area contributed by atoms with Gasteiger partial charge in [0.05, 0.1) is 6.54 Å². The third-order valence-corrected chi connectivity index (χ3v) is 6.90. The number of likely N-dealkylation sites (tertiary alicyclic amines) is 1. The maximum Gasteiger partial charge on any atom is 0.245 e. The van der Waals surface area contributed by atoms with Gasteiger partial charge in [-0.1, -0.05) is 30.3 Å². The van der Waals surface area contributed by atoms with Crippen LogP contribution in [0.2, 0.25) is 0 Å². The van der Waals surface area contributed by atoms with E-state index in [0.717, 1.165) is 6.54 Å². The third-order valence-electron chi connectivity index (χ3n) is 6.21. The molecule has 1 aromatic carbocycles. The molecule has 0 saturated carbocycles. The molecule has 0 atom stereocenters. The minimum Gasteiger partial charge on any atom is -0.502 e. The highest BCUT2D eigenvalue weighted by atomic mass is 32.1. The van der Waals surface area contributed by atoms with Gasteiger partial charge in [-0.05, 0) is 38.4 Å². The molecule has 0 radical (unpaired) electrons. The lowest BCUT2D eigenvalue weighted by molar-refractivity contribution is -0.125. The molecule has 1 aliphatic heterocycles. The van der Waals surface area contributed by atoms with Crippen LogP contribution in [-0.4, -0.2) is 46.4 Å². The van der Waals surface area contributed by atoms with E-state index in [2.05, 4.69) is 32.7 Å². The standard InChI is InChI=1S/C25H28N4O5S/c1-17-13-19(30)22(33)23(34-17)25(7-10-29(11-8-25)16-18-5-3-2-4-6-18)14-20(31)27-15-21(32)28-24-26-9-12-35-24/h2-6,9,12-13,33H,7-8,10-11,14-16H2,1H3,(H,27,31)(H,26,28,32). The lowest BCUT2D eigenvalue weighted by Gasteiger charge is -2.40. The van der Waals surface area contributed by atoms with Crippen LogP contribution in [0.1, 0.15) is 36.3 Å². The van der Waals surface area contributed by atoms with Gasteiger partial charge in [-0.3, -0.25) is 19.3 Å². The van der Waals surface area contributed by atoms with Crippen molar-refractivity contribution in [1.29, 1.82) is 0 Å². The van der Waals surface area contributed by atoms with E-state index in [-0.39, 0.29) is 30.5 Å². The predicted molar refractivity (Wildman–Crippen MR) is 132 cm³/mol. The zero-order valence-electron chi connectivity index (χ0n) is 19.5. The summed E-state index contributed by atoms with van der Waals surface area (Å²) in [6.07, 6.45) is 2.59. The third kappa shape index (κ3) is 6.14. The van der Waals surface area contributed by atoms with Gasteiger partial charge in [-0.2, -0.15) is 0 Å². The van der Waals surface area contributed by atoms with E-state index in [0.29, 0.717) is 36.8 Å². The number of aromatic hydroxyl groups is 1. The van der Waals surface area contributed by atoms with Crippen molar-refractivity contribution in [3.8, 4) is 5.75 Å². The Kier molecular flexibility index (Phi) is 7.62. The van der Waals surface area contributed by atoms with Crippen LogP contribution in [0.5, 0.6) is 5.75 Å². The van der Waals surface area contributed by atoms with Gasteiger partial charge in [0, 0.05) is 36.0 Å². The van der Waals surface area contributed by atoms with Gasteiger partial charge in [-0.25, -0.2) is 4.98 Å². The summed E-state index contributed by atoms with van der Waals surface area (Å²) in [5.74, 6) is -0.688. The summed E-state index contributed by atoms with van der Waals surface area (Å²) < 4.78 is 5.85. The summed E-state index contributed by atoms with van der Waals surface area (Å²) in [6, 6.07) is 11.3. The van der Waals surface area contributed by atoms with Crippen molar-refractivity contribution in [3.63, 3.8) is 0 Å². The molecule has 3 heterocycles. The second-order valence-corrected chi connectivity index (χ2v) is 9.67. The molecule has 9 nitrogen and oxygen atoms in total. The Morgan fingerprint density at radius 2 is 1.94 bits per heavy atom. The Morgan fingerprint density at radius 1 is 1.20 bits per heavy atom. The van der Waals surface area contributed by atoms with Gasteiger partial charge < -0.3 is 20.2 Å². The highest BCUT2D eigenvalue weighted by Crippen LogP contribution is 2.42. The Hall–Kier alpha value is -3.50. The predicted octanol–water partition coefficient (Wildman–Crippen LogP) is 2.79. The first-order chi connectivity index (χ1) is 16.8. The summed E-state index contributed by atoms with van der Waals surface area (Å²) in [4.78, 5) is 43.7. The molecule has 2 amide bonds. The number of anilines is 1. The van der Waals surface area contributed by atoms with Crippen LogP contribution in [0.15, 0.2) is 57.2 Å². The van der Waals surface area contributed by atoms with Crippen LogP contribution >= 0.6 is 11.3 Å². The van der Waals surface area contributed by atoms with Crippen molar-refractivity contribution in [2.24, 2.45) is 0 Å². The Bertz CT molecular complexity index is 1220. The summed E-state index contributed by atoms with van der Waals surface area (Å²) >= 11 is 1.29. The highest BCUT2D eigenvalue weighted by molar-refractivity contribution is 7.13. The van der Waals surface area contributed by atoms with Crippen molar-refractivity contribution in [3.05, 3.63) is 75.3 Å². The molecule has 0 bridgehead atoms. The van der Waals surface area contributed by atoms with Crippen LogP contribution in [-0.2, 0) is 21.5 Å². The molecule has 35 heavy (non-hydrogen) atoms. The summed E-state index contributed by atoms with van der Waals surface area (Å²) in [6.45, 7) is 3.52. The SMILES string of the molecule is Cc1cc(=O)c(O)c(C2(CC(=O)NCC(=O)Nc3nccs3)CCN(Cc3ccccc3)CC2)o1. The van der Waals surface area contributed by atoms with E-state index in [1.54, 1.807) is 18.5 Å². The fraction of sp³-hybridized carbons (Fsp3) is 0.360. The zero-order chi connectivity index (χ0) is 24.8. The number of piperidine rings is 1. The van der Waals surface area contributed by atoms with Crippen molar-refractivity contribution in [2.75, 3.05) is 25.0 Å². The maximum absolute atomic E-state index is 12.9. The number of aryl methyl sites for hydroxylation is 1. The first kappa shape index (κ1) is 24.6. The minimum atomic E-state index is -0.863. The van der Waals surface area contributed by atoms with Crippen LogP contribution in [0, 0.1) is 6.92 Å². The number of carbonyl (C=O) groups is 2. The molecular weight excluding hydrogens is 468 g/mol. The van der Waals surface area contributed by atoms with Crippen LogP contribution in [0.25, 0.3) is 0 Å². The molecule has 1 aliphatic rings. The van der Waals surface area contributed by atoms with E-state index in [1.807, 2.05) is 18.2 Å². The van der Waals surface area contributed by atoms with Gasteiger partial charge >= 0.3 is 0 Å². The fourth-order valence-corrected chi connectivity index (χ4v) is 4.97. The molecule has 0 aliphatic carbocycles. The molecule has 10 heteroatoms. The van der Waals surface area contributed by atoms with E-state index < -0.39 is 16.6 Å². The zero-order valence-corrected chi connectivity index (χ0v) is 20.3. The van der Waals surface area contributed by atoms with Crippen molar-refractivity contribution < 1.29 is 19.1 Å². The summed E-state index contributed by atoms with van der Waals surface area (Å²) in [5.41, 5.74) is -0.204. The van der Waals surface area contributed by atoms with Gasteiger partial charge in [-0.15, -0.1) is 11.3 Å². The van der Waals surface area contributed by atoms with Crippen molar-refractivity contribution >= 4 is 28.3 Å². The van der Waals surface area contributed by atoms with Gasteiger partial charge in [0.1, 0.15) is 5.76 Å². The molecule has 184 valence electrons. The normalized spacial score (nSPS) is 15.5. The second kappa shape index (κ2) is 10.8. The summed E-state index contributed by atoms with van der Waals surface area (Å²) in [7, 11) is 0. The van der Waals surface area contributed by atoms with Crippen LogP contribution in [0.3, 0.4) is 0 Å². The quantitative estimate of drug-likeness (QED) is 0.438. The fourth-order valence-electron chi connectivity index (χ4n) is 4.43. The van der Waals surface area contributed by atoms with E-state index >= 15 is 0 Å². The van der Waals surface area contributed by atoms with Gasteiger partial charge in [0.15, 0.2) is 10.9 Å². The number of aromatic nitrogens is 1. The Balaban J connectivity index is 1.47. The number of nitrogens with one attached hydrogen (secondary N) is 2. The maximum atomic E-state index is 12.9. The van der Waals surface area contributed by atoms with Gasteiger partial charge in [0.2, 0.25) is 23.0 Å². The number of hydrogen-bond donors (Lipinski definition) is 3. The second-order valence-electron chi connectivity index (χ2n) is 8.78. The number of hydrogen-bond acceptors (Lipinski definition) is 8. The molecule has 2 aromatic heterocycles. The Labute approximate surface area is 206 Å². The number of rotatable bonds is 8. The molecule has 3 N–H and O–H groups in total. The van der Waals surface area contributed by atoms with Crippen LogP contribution < -0.4 is 16.1 Å². The van der Waals surface area contributed by atoms with E-state index in [9.17, 15) is 19.5 Å². The average molecular weight is 497 g/mol. The lowest BCUT2D eigenvalue weighted by atomic mass is 9.72. The monoisotopic (exact) mass is 496 g/mol. The number of nitrogens with zero attached hydrogens (tertiary/aromatic N) is 2. The highest BCUT2D eigenvalue weighted by Gasteiger charge is 2.43. The smallest absolute Gasteiger partial charge is 0.245 e. The number of carbonyl (C=O) groups excluding carboxylic acids is 2. The van der Waals surface area contributed by atoms with Gasteiger partial charge in [0.25, 0.3) is 0 Å².